The summed E-state index contributed by atoms with van der Waals surface area (Å²) in [4.78, 5) is 11.7. The van der Waals surface area contributed by atoms with Gasteiger partial charge >= 0.3 is 0 Å². The Balaban J connectivity index is 1.81. The second-order valence-electron chi connectivity index (χ2n) is 5.69. The van der Waals surface area contributed by atoms with Gasteiger partial charge in [-0.3, -0.25) is 4.40 Å². The average molecular weight is 278 g/mol. The summed E-state index contributed by atoms with van der Waals surface area (Å²) in [5, 5.41) is 0. The van der Waals surface area contributed by atoms with Gasteiger partial charge in [0.1, 0.15) is 0 Å². The number of nitrogens with zero attached hydrogens (tertiary/aromatic N) is 4. The average Bonchev–Trinajstić information content (AvgIpc) is 2.85. The second-order valence-corrected chi connectivity index (χ2v) is 5.69. The van der Waals surface area contributed by atoms with Gasteiger partial charge in [-0.15, -0.1) is 0 Å². The van der Waals surface area contributed by atoms with Gasteiger partial charge in [-0.25, -0.2) is 9.97 Å². The van der Waals surface area contributed by atoms with Crippen LogP contribution in [-0.4, -0.2) is 20.9 Å². The Bertz CT molecular complexity index is 805. The van der Waals surface area contributed by atoms with Crippen molar-refractivity contribution >= 4 is 11.5 Å². The van der Waals surface area contributed by atoms with E-state index in [0.29, 0.717) is 0 Å². The molecule has 0 atom stereocenters. The summed E-state index contributed by atoms with van der Waals surface area (Å²) in [6.45, 7) is 6.06. The Kier molecular flexibility index (Phi) is 2.70. The summed E-state index contributed by atoms with van der Waals surface area (Å²) < 4.78 is 2.21. The minimum Gasteiger partial charge on any atom is -0.365 e. The first-order valence-electron chi connectivity index (χ1n) is 7.37. The molecular weight excluding hydrogens is 260 g/mol. The molecule has 1 aliphatic rings. The molecule has 4 heteroatoms. The van der Waals surface area contributed by atoms with Gasteiger partial charge in [-0.1, -0.05) is 18.2 Å². The first kappa shape index (κ1) is 12.4. The molecule has 3 heterocycles. The Morgan fingerprint density at radius 1 is 1.05 bits per heavy atom. The second kappa shape index (κ2) is 4.58. The van der Waals surface area contributed by atoms with Crippen molar-refractivity contribution in [2.75, 3.05) is 11.4 Å². The van der Waals surface area contributed by atoms with Crippen LogP contribution in [0.15, 0.2) is 36.4 Å². The first-order valence-corrected chi connectivity index (χ1v) is 7.37. The standard InChI is InChI=1S/C17H18N4/c1-12-10-13(2)21-16-11-20(14-6-4-3-5-7-14)9-8-15(16)19-17(21)18-12/h3-7,10H,8-9,11H2,1-2H3. The Morgan fingerprint density at radius 3 is 2.67 bits per heavy atom. The fraction of sp³-hybridized carbons (Fsp3) is 0.294. The summed E-state index contributed by atoms with van der Waals surface area (Å²) >= 11 is 0. The maximum Gasteiger partial charge on any atom is 0.234 e. The lowest BCUT2D eigenvalue weighted by Crippen LogP contribution is -2.31. The Hall–Kier alpha value is -2.36. The number of fused-ring (bicyclic) bond motifs is 3. The van der Waals surface area contributed by atoms with Crippen LogP contribution in [-0.2, 0) is 13.0 Å². The van der Waals surface area contributed by atoms with Crippen molar-refractivity contribution in [2.24, 2.45) is 0 Å². The number of benzene rings is 1. The predicted molar refractivity (Wildman–Crippen MR) is 83.7 cm³/mol. The highest BCUT2D eigenvalue weighted by molar-refractivity contribution is 5.50. The van der Waals surface area contributed by atoms with Crippen molar-refractivity contribution in [2.45, 2.75) is 26.8 Å². The molecule has 4 nitrogen and oxygen atoms in total. The van der Waals surface area contributed by atoms with Gasteiger partial charge in [0, 0.05) is 30.0 Å². The quantitative estimate of drug-likeness (QED) is 0.686. The minimum absolute atomic E-state index is 0.840. The number of anilines is 1. The number of imidazole rings is 1. The third-order valence-corrected chi connectivity index (χ3v) is 4.17. The first-order chi connectivity index (χ1) is 10.2. The molecule has 1 aliphatic heterocycles. The van der Waals surface area contributed by atoms with Gasteiger partial charge in [0.05, 0.1) is 17.9 Å². The van der Waals surface area contributed by atoms with Crippen LogP contribution >= 0.6 is 0 Å². The van der Waals surface area contributed by atoms with E-state index < -0.39 is 0 Å². The van der Waals surface area contributed by atoms with Crippen molar-refractivity contribution in [3.8, 4) is 0 Å². The van der Waals surface area contributed by atoms with E-state index in [4.69, 9.17) is 4.98 Å². The van der Waals surface area contributed by atoms with Gasteiger partial charge in [0.25, 0.3) is 0 Å². The highest BCUT2D eigenvalue weighted by atomic mass is 15.2. The molecule has 0 spiro atoms. The lowest BCUT2D eigenvalue weighted by molar-refractivity contribution is 0.699. The zero-order valence-electron chi connectivity index (χ0n) is 12.4. The largest absolute Gasteiger partial charge is 0.365 e. The monoisotopic (exact) mass is 278 g/mol. The van der Waals surface area contributed by atoms with Gasteiger partial charge in [-0.05, 0) is 32.0 Å². The number of hydrogen-bond acceptors (Lipinski definition) is 3. The summed E-state index contributed by atoms with van der Waals surface area (Å²) in [5.74, 6) is 0.840. The van der Waals surface area contributed by atoms with Gasteiger partial charge < -0.3 is 4.90 Å². The molecule has 0 saturated heterocycles. The highest BCUT2D eigenvalue weighted by Crippen LogP contribution is 2.25. The third kappa shape index (κ3) is 1.98. The highest BCUT2D eigenvalue weighted by Gasteiger charge is 2.23. The zero-order valence-corrected chi connectivity index (χ0v) is 12.4. The van der Waals surface area contributed by atoms with Crippen LogP contribution in [0.4, 0.5) is 5.69 Å². The molecule has 0 unspecified atom stereocenters. The van der Waals surface area contributed by atoms with Crippen LogP contribution in [0.1, 0.15) is 22.8 Å². The van der Waals surface area contributed by atoms with Crippen LogP contribution in [0.2, 0.25) is 0 Å². The molecule has 0 fully saturated rings. The molecule has 2 aromatic heterocycles. The van der Waals surface area contributed by atoms with Crippen LogP contribution in [0.3, 0.4) is 0 Å². The lowest BCUT2D eigenvalue weighted by atomic mass is 10.1. The van der Waals surface area contributed by atoms with Crippen molar-refractivity contribution < 1.29 is 0 Å². The third-order valence-electron chi connectivity index (χ3n) is 4.17. The van der Waals surface area contributed by atoms with Crippen molar-refractivity contribution in [3.63, 3.8) is 0 Å². The molecular formula is C17H18N4. The molecule has 0 amide bonds. The lowest BCUT2D eigenvalue weighted by Gasteiger charge is -2.28. The molecule has 106 valence electrons. The van der Waals surface area contributed by atoms with E-state index in [1.165, 1.54) is 22.8 Å². The predicted octanol–water partition coefficient (Wildman–Crippen LogP) is 2.91. The summed E-state index contributed by atoms with van der Waals surface area (Å²) in [5.41, 5.74) is 5.99. The maximum absolute atomic E-state index is 4.73. The van der Waals surface area contributed by atoms with Crippen molar-refractivity contribution in [3.05, 3.63) is 59.2 Å². The van der Waals surface area contributed by atoms with E-state index in [0.717, 1.165) is 31.0 Å². The fourth-order valence-corrected chi connectivity index (χ4v) is 3.21. The normalized spacial score (nSPS) is 14.5. The van der Waals surface area contributed by atoms with Crippen LogP contribution in [0.25, 0.3) is 5.78 Å². The van der Waals surface area contributed by atoms with Crippen molar-refractivity contribution in [1.82, 2.24) is 14.4 Å². The molecule has 0 radical (unpaired) electrons. The van der Waals surface area contributed by atoms with Crippen LogP contribution < -0.4 is 4.90 Å². The molecule has 21 heavy (non-hydrogen) atoms. The smallest absolute Gasteiger partial charge is 0.234 e. The molecule has 0 aliphatic carbocycles. The topological polar surface area (TPSA) is 33.4 Å². The number of aryl methyl sites for hydroxylation is 2. The zero-order chi connectivity index (χ0) is 14.4. The van der Waals surface area contributed by atoms with Crippen molar-refractivity contribution in [1.29, 1.82) is 0 Å². The molecule has 1 aromatic carbocycles. The fourth-order valence-electron chi connectivity index (χ4n) is 3.21. The summed E-state index contributed by atoms with van der Waals surface area (Å²) in [7, 11) is 0. The van der Waals surface area contributed by atoms with E-state index >= 15 is 0 Å². The molecule has 3 aromatic rings. The molecule has 0 bridgehead atoms. The minimum atomic E-state index is 0.840. The number of hydrogen-bond donors (Lipinski definition) is 0. The van der Waals surface area contributed by atoms with E-state index in [1.54, 1.807) is 0 Å². The molecule has 4 rings (SSSR count). The van der Waals surface area contributed by atoms with E-state index in [2.05, 4.69) is 57.6 Å². The number of rotatable bonds is 1. The molecule has 0 saturated carbocycles. The van der Waals surface area contributed by atoms with E-state index in [-0.39, 0.29) is 0 Å². The van der Waals surface area contributed by atoms with Crippen LogP contribution in [0, 0.1) is 13.8 Å². The SMILES string of the molecule is Cc1cc(C)n2c3c(nc2n1)CCN(c1ccccc1)C3. The van der Waals surface area contributed by atoms with Gasteiger partial charge in [0.2, 0.25) is 5.78 Å². The van der Waals surface area contributed by atoms with Crippen LogP contribution in [0.5, 0.6) is 0 Å². The maximum atomic E-state index is 4.73. The summed E-state index contributed by atoms with van der Waals surface area (Å²) in [6.07, 6.45) is 0.978. The Labute approximate surface area is 124 Å². The van der Waals surface area contributed by atoms with E-state index in [1.807, 2.05) is 6.92 Å². The summed E-state index contributed by atoms with van der Waals surface area (Å²) in [6, 6.07) is 12.7. The number of aromatic nitrogens is 3. The van der Waals surface area contributed by atoms with Gasteiger partial charge in [0.15, 0.2) is 0 Å². The molecule has 0 N–H and O–H groups in total. The number of para-hydroxylation sites is 1. The van der Waals surface area contributed by atoms with Gasteiger partial charge in [-0.2, -0.15) is 0 Å². The van der Waals surface area contributed by atoms with E-state index in [9.17, 15) is 0 Å². The Morgan fingerprint density at radius 2 is 1.86 bits per heavy atom.